The van der Waals surface area contributed by atoms with E-state index in [1.165, 1.54) is 60.6 Å². The summed E-state index contributed by atoms with van der Waals surface area (Å²) >= 11 is 3.71. The van der Waals surface area contributed by atoms with Crippen molar-refractivity contribution >= 4 is 64.0 Å². The van der Waals surface area contributed by atoms with Crippen molar-refractivity contribution in [2.45, 2.75) is 10.9 Å². The van der Waals surface area contributed by atoms with Crippen LogP contribution in [-0.4, -0.2) is 14.3 Å². The Labute approximate surface area is 95.2 Å². The van der Waals surface area contributed by atoms with Gasteiger partial charge in [0.2, 0.25) is 0 Å². The second-order valence-electron chi connectivity index (χ2n) is 1.57. The molecule has 0 rings (SSSR count). The van der Waals surface area contributed by atoms with Crippen LogP contribution in [0.15, 0.2) is 0 Å². The fraction of sp³-hybridized carbons (Fsp3) is 1.00. The van der Waals surface area contributed by atoms with Crippen LogP contribution in [0.1, 0.15) is 0 Å². The molecule has 0 aromatic rings. The molecular formula is C2F5GeI3. The van der Waals surface area contributed by atoms with Gasteiger partial charge in [0.1, 0.15) is 0 Å². The fourth-order valence-electron chi connectivity index (χ4n) is 0.161. The van der Waals surface area contributed by atoms with Crippen LogP contribution in [0, 0.1) is 0 Å². The molecule has 11 heavy (non-hydrogen) atoms. The summed E-state index contributed by atoms with van der Waals surface area (Å²) in [5.41, 5.74) is 0. The van der Waals surface area contributed by atoms with Crippen LogP contribution >= 0.6 is 60.6 Å². The summed E-state index contributed by atoms with van der Waals surface area (Å²) in [6.45, 7) is 0. The predicted octanol–water partition coefficient (Wildman–Crippen LogP) is 3.97. The van der Waals surface area contributed by atoms with Gasteiger partial charge in [-0.15, -0.1) is 0 Å². The molecule has 0 amide bonds. The van der Waals surface area contributed by atoms with E-state index in [1.807, 2.05) is 0 Å². The van der Waals surface area contributed by atoms with Crippen molar-refractivity contribution in [2.24, 2.45) is 0 Å². The van der Waals surface area contributed by atoms with E-state index >= 15 is 0 Å². The molecule has 0 atom stereocenters. The van der Waals surface area contributed by atoms with Crippen molar-refractivity contribution in [1.29, 1.82) is 0 Å². The monoisotopic (exact) mass is 574 g/mol. The molecule has 0 aromatic heterocycles. The van der Waals surface area contributed by atoms with Crippen LogP contribution in [0.4, 0.5) is 22.0 Å². The summed E-state index contributed by atoms with van der Waals surface area (Å²) in [5.74, 6) is 0. The van der Waals surface area contributed by atoms with Gasteiger partial charge in [0.25, 0.3) is 0 Å². The Morgan fingerprint density at radius 2 is 1.09 bits per heavy atom. The zero-order valence-electron chi connectivity index (χ0n) is 4.52. The zero-order chi connectivity index (χ0) is 9.50. The van der Waals surface area contributed by atoms with Crippen LogP contribution in [0.2, 0.25) is 0 Å². The van der Waals surface area contributed by atoms with Crippen molar-refractivity contribution in [1.82, 2.24) is 0 Å². The third kappa shape index (κ3) is 3.21. The van der Waals surface area contributed by atoms with Gasteiger partial charge >= 0.3 is 96.9 Å². The summed E-state index contributed by atoms with van der Waals surface area (Å²) in [6.07, 6.45) is -5.39. The predicted molar refractivity (Wildman–Crippen MR) is 58.8 cm³/mol. The van der Waals surface area contributed by atoms with Crippen LogP contribution in [0.5, 0.6) is 0 Å². The third-order valence-electron chi connectivity index (χ3n) is 0.712. The van der Waals surface area contributed by atoms with Gasteiger partial charge in [-0.2, -0.15) is 0 Å². The Hall–Kier alpha value is 2.38. The second-order valence-corrected chi connectivity index (χ2v) is 62.4. The van der Waals surface area contributed by atoms with E-state index in [9.17, 15) is 22.0 Å². The first-order valence-corrected chi connectivity index (χ1v) is 22.3. The molecule has 9 heteroatoms. The van der Waals surface area contributed by atoms with Crippen molar-refractivity contribution in [3.05, 3.63) is 0 Å². The van der Waals surface area contributed by atoms with Gasteiger partial charge in [0, 0.05) is 0 Å². The molecule has 0 unspecified atom stereocenters. The van der Waals surface area contributed by atoms with Crippen LogP contribution < -0.4 is 0 Å². The van der Waals surface area contributed by atoms with Gasteiger partial charge in [-0.05, 0) is 0 Å². The van der Waals surface area contributed by atoms with Gasteiger partial charge in [-0.1, -0.05) is 0 Å². The molecule has 0 aliphatic carbocycles. The Bertz CT molecular complexity index is 131. The van der Waals surface area contributed by atoms with E-state index in [2.05, 4.69) is 0 Å². The standard InChI is InChI=1S/C2F5GeI3/c3-1(4,5)2(6,7)8(9,10)11. The van der Waals surface area contributed by atoms with Crippen LogP contribution in [-0.2, 0) is 0 Å². The van der Waals surface area contributed by atoms with Crippen molar-refractivity contribution in [3.63, 3.8) is 0 Å². The second kappa shape index (κ2) is 3.86. The number of alkyl halides is 5. The molecule has 0 heterocycles. The first kappa shape index (κ1) is 13.4. The van der Waals surface area contributed by atoms with E-state index in [0.717, 1.165) is 0 Å². The fourth-order valence-corrected chi connectivity index (χ4v) is 5.60. The molecule has 0 aliphatic heterocycles. The molecule has 0 N–H and O–H groups in total. The summed E-state index contributed by atoms with van der Waals surface area (Å²) in [6, 6.07) is 0. The summed E-state index contributed by atoms with van der Waals surface area (Å²) in [7, 11) is 0. The summed E-state index contributed by atoms with van der Waals surface area (Å²) in [4.78, 5) is 0. The molecule has 0 bridgehead atoms. The van der Waals surface area contributed by atoms with Crippen molar-refractivity contribution in [3.8, 4) is 0 Å². The molecule has 0 saturated carbocycles. The van der Waals surface area contributed by atoms with Crippen molar-refractivity contribution < 1.29 is 22.0 Å². The molecular weight excluding hydrogens is 572 g/mol. The van der Waals surface area contributed by atoms with Crippen LogP contribution in [0.25, 0.3) is 0 Å². The minimum atomic E-state index is -5.39. The topological polar surface area (TPSA) is 0 Å². The number of hydrogen-bond acceptors (Lipinski definition) is 0. The molecule has 0 fully saturated rings. The molecule has 0 aromatic carbocycles. The van der Waals surface area contributed by atoms with Gasteiger partial charge in [-0.25, -0.2) is 0 Å². The van der Waals surface area contributed by atoms with E-state index in [1.54, 1.807) is 0 Å². The van der Waals surface area contributed by atoms with Gasteiger partial charge in [-0.3, -0.25) is 0 Å². The zero-order valence-corrected chi connectivity index (χ0v) is 13.1. The average molecular weight is 572 g/mol. The molecule has 0 aliphatic rings. The quantitative estimate of drug-likeness (QED) is 0.254. The number of hydrogen-bond donors (Lipinski definition) is 0. The Morgan fingerprint density at radius 3 is 1.09 bits per heavy atom. The van der Waals surface area contributed by atoms with Gasteiger partial charge < -0.3 is 0 Å². The van der Waals surface area contributed by atoms with E-state index < -0.39 is 14.3 Å². The van der Waals surface area contributed by atoms with Crippen molar-refractivity contribution in [2.75, 3.05) is 0 Å². The Balaban J connectivity index is 4.75. The van der Waals surface area contributed by atoms with E-state index in [0.29, 0.717) is 0 Å². The van der Waals surface area contributed by atoms with Gasteiger partial charge in [0.15, 0.2) is 0 Å². The summed E-state index contributed by atoms with van der Waals surface area (Å²) in [5, 5.41) is 0. The third-order valence-corrected chi connectivity index (χ3v) is 13.4. The maximum atomic E-state index is 12.4. The number of halogens is 8. The molecule has 0 nitrogen and oxygen atoms in total. The van der Waals surface area contributed by atoms with E-state index in [4.69, 9.17) is 0 Å². The Kier molecular flexibility index (Phi) is 4.70. The molecule has 0 saturated heterocycles. The van der Waals surface area contributed by atoms with Gasteiger partial charge in [0.05, 0.1) is 0 Å². The first-order chi connectivity index (χ1) is 4.50. The molecule has 68 valence electrons. The first-order valence-electron chi connectivity index (χ1n) is 2.01. The van der Waals surface area contributed by atoms with E-state index in [-0.39, 0.29) is 0 Å². The summed E-state index contributed by atoms with van der Waals surface area (Å²) < 4.78 is 51.0. The van der Waals surface area contributed by atoms with Crippen LogP contribution in [0.3, 0.4) is 0 Å². The Morgan fingerprint density at radius 1 is 0.818 bits per heavy atom. The normalized spacial score (nSPS) is 15.3. The number of rotatable bonds is 1. The minimum absolute atomic E-state index is 1.24. The molecule has 0 spiro atoms. The SMILES string of the molecule is FC(F)(F)[C](F)(F)[Ge]([I])([I])[I]. The maximum absolute atomic E-state index is 12.4. The molecule has 0 radical (unpaired) electrons. The average Bonchev–Trinajstić information content (AvgIpc) is 1.58.